The maximum atomic E-state index is 5.90. The Hall–Kier alpha value is -3.15. The fraction of sp³-hybridized carbons (Fsp3) is 0.211. The monoisotopic (exact) mass is 334 g/mol. The van der Waals surface area contributed by atoms with Crippen LogP contribution in [0.5, 0.6) is 0 Å². The second-order valence-electron chi connectivity index (χ2n) is 6.11. The van der Waals surface area contributed by atoms with Crippen LogP contribution in [-0.2, 0) is 0 Å². The quantitative estimate of drug-likeness (QED) is 0.753. The van der Waals surface area contributed by atoms with Gasteiger partial charge in [-0.05, 0) is 44.0 Å². The molecule has 1 heterocycles. The summed E-state index contributed by atoms with van der Waals surface area (Å²) in [4.78, 5) is 14.9. The number of aryl methyl sites for hydroxylation is 3. The van der Waals surface area contributed by atoms with Crippen LogP contribution in [0.4, 0.5) is 29.2 Å². The lowest BCUT2D eigenvalue weighted by Crippen LogP contribution is -2.18. The summed E-state index contributed by atoms with van der Waals surface area (Å²) in [6.45, 7) is 6.26. The normalized spacial score (nSPS) is 10.6. The lowest BCUT2D eigenvalue weighted by Gasteiger charge is -2.22. The first-order chi connectivity index (χ1) is 11.9. The van der Waals surface area contributed by atoms with E-state index in [4.69, 9.17) is 5.73 Å². The number of aromatic nitrogens is 3. The SMILES string of the molecule is Cc1cc(C)c(N(C)c2nc(N)nc(Nc3ccccc3)n2)c(C)c1. The molecule has 0 aliphatic carbocycles. The van der Waals surface area contributed by atoms with Gasteiger partial charge in [-0.25, -0.2) is 0 Å². The number of nitrogens with two attached hydrogens (primary N) is 1. The van der Waals surface area contributed by atoms with Crippen LogP contribution < -0.4 is 16.0 Å². The van der Waals surface area contributed by atoms with Crippen LogP contribution in [0.15, 0.2) is 42.5 Å². The Morgan fingerprint density at radius 3 is 2.20 bits per heavy atom. The summed E-state index contributed by atoms with van der Waals surface area (Å²) in [7, 11) is 1.94. The van der Waals surface area contributed by atoms with Crippen molar-refractivity contribution in [1.29, 1.82) is 0 Å². The van der Waals surface area contributed by atoms with Crippen LogP contribution in [0, 0.1) is 20.8 Å². The Morgan fingerprint density at radius 2 is 1.56 bits per heavy atom. The molecule has 25 heavy (non-hydrogen) atoms. The van der Waals surface area contributed by atoms with Crippen LogP contribution in [0.2, 0.25) is 0 Å². The molecule has 0 atom stereocenters. The summed E-state index contributed by atoms with van der Waals surface area (Å²) in [6.07, 6.45) is 0. The number of anilines is 5. The number of hydrogen-bond acceptors (Lipinski definition) is 6. The highest BCUT2D eigenvalue weighted by Crippen LogP contribution is 2.30. The topological polar surface area (TPSA) is 80.0 Å². The highest BCUT2D eigenvalue weighted by molar-refractivity contribution is 5.67. The molecule has 0 bridgehead atoms. The Labute approximate surface area is 147 Å². The minimum Gasteiger partial charge on any atom is -0.368 e. The zero-order chi connectivity index (χ0) is 18.0. The number of para-hydroxylation sites is 1. The van der Waals surface area contributed by atoms with Gasteiger partial charge in [-0.15, -0.1) is 0 Å². The minimum atomic E-state index is 0.178. The maximum absolute atomic E-state index is 5.90. The third-order valence-electron chi connectivity index (χ3n) is 3.94. The molecule has 2 aromatic carbocycles. The molecule has 0 aliphatic rings. The first-order valence-corrected chi connectivity index (χ1v) is 8.09. The molecule has 0 unspecified atom stereocenters. The van der Waals surface area contributed by atoms with E-state index in [1.807, 2.05) is 42.3 Å². The van der Waals surface area contributed by atoms with E-state index in [1.165, 1.54) is 5.56 Å². The van der Waals surface area contributed by atoms with Crippen molar-refractivity contribution in [1.82, 2.24) is 15.0 Å². The van der Waals surface area contributed by atoms with E-state index in [0.717, 1.165) is 22.5 Å². The summed E-state index contributed by atoms with van der Waals surface area (Å²) in [5.41, 5.74) is 11.4. The Balaban J connectivity index is 1.97. The first-order valence-electron chi connectivity index (χ1n) is 8.09. The summed E-state index contributed by atoms with van der Waals surface area (Å²) >= 11 is 0. The van der Waals surface area contributed by atoms with E-state index in [1.54, 1.807) is 0 Å². The minimum absolute atomic E-state index is 0.178. The summed E-state index contributed by atoms with van der Waals surface area (Å²) in [6, 6.07) is 14.0. The maximum Gasteiger partial charge on any atom is 0.236 e. The van der Waals surface area contributed by atoms with E-state index < -0.39 is 0 Å². The molecule has 0 amide bonds. The average Bonchev–Trinajstić information content (AvgIpc) is 2.54. The second kappa shape index (κ2) is 6.76. The van der Waals surface area contributed by atoms with Gasteiger partial charge in [-0.3, -0.25) is 0 Å². The third-order valence-corrected chi connectivity index (χ3v) is 3.94. The smallest absolute Gasteiger partial charge is 0.236 e. The largest absolute Gasteiger partial charge is 0.368 e. The van der Waals surface area contributed by atoms with Gasteiger partial charge in [-0.1, -0.05) is 35.9 Å². The van der Waals surface area contributed by atoms with Crippen molar-refractivity contribution in [3.8, 4) is 0 Å². The number of benzene rings is 2. The van der Waals surface area contributed by atoms with Crippen molar-refractivity contribution in [3.63, 3.8) is 0 Å². The van der Waals surface area contributed by atoms with Crippen molar-refractivity contribution in [2.45, 2.75) is 20.8 Å². The Kier molecular flexibility index (Phi) is 4.52. The van der Waals surface area contributed by atoms with Crippen LogP contribution in [-0.4, -0.2) is 22.0 Å². The number of hydrogen-bond donors (Lipinski definition) is 2. The number of nitrogens with one attached hydrogen (secondary N) is 1. The molecule has 0 spiro atoms. The van der Waals surface area contributed by atoms with E-state index in [0.29, 0.717) is 11.9 Å². The van der Waals surface area contributed by atoms with Crippen molar-refractivity contribution in [2.75, 3.05) is 23.0 Å². The van der Waals surface area contributed by atoms with Crippen molar-refractivity contribution in [3.05, 3.63) is 59.2 Å². The lowest BCUT2D eigenvalue weighted by molar-refractivity contribution is 0.991. The molecule has 6 heteroatoms. The molecule has 6 nitrogen and oxygen atoms in total. The molecule has 128 valence electrons. The van der Waals surface area contributed by atoms with Crippen LogP contribution in [0.1, 0.15) is 16.7 Å². The first kappa shape index (κ1) is 16.7. The Morgan fingerprint density at radius 1 is 0.920 bits per heavy atom. The van der Waals surface area contributed by atoms with E-state index in [2.05, 4.69) is 53.2 Å². The van der Waals surface area contributed by atoms with Gasteiger partial charge in [0.05, 0.1) is 0 Å². The molecule has 0 fully saturated rings. The fourth-order valence-corrected chi connectivity index (χ4v) is 3.04. The van der Waals surface area contributed by atoms with Gasteiger partial charge in [0.1, 0.15) is 0 Å². The third kappa shape index (κ3) is 3.68. The second-order valence-corrected chi connectivity index (χ2v) is 6.11. The van der Waals surface area contributed by atoms with Gasteiger partial charge in [-0.2, -0.15) is 15.0 Å². The molecule has 3 rings (SSSR count). The van der Waals surface area contributed by atoms with Crippen molar-refractivity contribution < 1.29 is 0 Å². The highest BCUT2D eigenvalue weighted by atomic mass is 15.3. The number of nitrogens with zero attached hydrogens (tertiary/aromatic N) is 4. The number of rotatable bonds is 4. The predicted molar refractivity (Wildman–Crippen MR) is 103 cm³/mol. The summed E-state index contributed by atoms with van der Waals surface area (Å²) in [5, 5.41) is 3.16. The predicted octanol–water partition coefficient (Wildman–Crippen LogP) is 3.89. The zero-order valence-corrected chi connectivity index (χ0v) is 14.9. The molecule has 0 radical (unpaired) electrons. The standard InChI is InChI=1S/C19H22N6/c1-12-10-13(2)16(14(3)11-12)25(4)19-23-17(20)22-18(24-19)21-15-8-6-5-7-9-15/h5-11H,1-4H3,(H3,20,21,22,23,24). The van der Waals surface area contributed by atoms with Gasteiger partial charge in [0, 0.05) is 18.4 Å². The van der Waals surface area contributed by atoms with Gasteiger partial charge < -0.3 is 16.0 Å². The zero-order valence-electron chi connectivity index (χ0n) is 14.9. The van der Waals surface area contributed by atoms with E-state index in [-0.39, 0.29) is 5.95 Å². The van der Waals surface area contributed by atoms with E-state index >= 15 is 0 Å². The summed E-state index contributed by atoms with van der Waals surface area (Å²) in [5.74, 6) is 1.10. The van der Waals surface area contributed by atoms with Crippen LogP contribution >= 0.6 is 0 Å². The average molecular weight is 334 g/mol. The molecule has 1 aromatic heterocycles. The van der Waals surface area contributed by atoms with Gasteiger partial charge in [0.2, 0.25) is 17.8 Å². The van der Waals surface area contributed by atoms with E-state index in [9.17, 15) is 0 Å². The molecule has 3 aromatic rings. The summed E-state index contributed by atoms with van der Waals surface area (Å²) < 4.78 is 0. The molecular weight excluding hydrogens is 312 g/mol. The highest BCUT2D eigenvalue weighted by Gasteiger charge is 2.15. The van der Waals surface area contributed by atoms with Crippen molar-refractivity contribution in [2.24, 2.45) is 0 Å². The lowest BCUT2D eigenvalue weighted by atomic mass is 10.0. The van der Waals surface area contributed by atoms with Gasteiger partial charge >= 0.3 is 0 Å². The van der Waals surface area contributed by atoms with Crippen LogP contribution in [0.25, 0.3) is 0 Å². The molecule has 0 aliphatic heterocycles. The molecule has 0 saturated carbocycles. The number of nitrogen functional groups attached to an aromatic ring is 1. The van der Waals surface area contributed by atoms with Gasteiger partial charge in [0.25, 0.3) is 0 Å². The fourth-order valence-electron chi connectivity index (χ4n) is 3.04. The molecular formula is C19H22N6. The van der Waals surface area contributed by atoms with Crippen LogP contribution in [0.3, 0.4) is 0 Å². The molecule has 3 N–H and O–H groups in total. The van der Waals surface area contributed by atoms with Gasteiger partial charge in [0.15, 0.2) is 0 Å². The van der Waals surface area contributed by atoms with Crippen molar-refractivity contribution >= 4 is 29.2 Å². The molecule has 0 saturated heterocycles. The Bertz CT molecular complexity index is 869.